The molecule has 1 aromatic rings. The molecule has 2 nitrogen and oxygen atoms in total. The van der Waals surface area contributed by atoms with Crippen molar-refractivity contribution in [1.82, 2.24) is 10.3 Å². The number of nitrogens with zero attached hydrogens (tertiary/aromatic N) is 1. The second-order valence-electron chi connectivity index (χ2n) is 4.30. The Morgan fingerprint density at radius 2 is 2.29 bits per heavy atom. The van der Waals surface area contributed by atoms with Crippen LogP contribution in [0, 0.1) is 6.92 Å². The maximum atomic E-state index is 4.75. The quantitative estimate of drug-likeness (QED) is 0.811. The minimum absolute atomic E-state index is 0.534. The SMILES string of the molecule is Cc1sc(C2CCCN2)nc1C(C)C. The summed E-state index contributed by atoms with van der Waals surface area (Å²) in [6.07, 6.45) is 2.55. The van der Waals surface area contributed by atoms with Crippen molar-refractivity contribution >= 4 is 11.3 Å². The van der Waals surface area contributed by atoms with E-state index >= 15 is 0 Å². The van der Waals surface area contributed by atoms with E-state index in [1.807, 2.05) is 11.3 Å². The molecule has 78 valence electrons. The Bertz CT molecular complexity index is 311. The average Bonchev–Trinajstić information content (AvgIpc) is 2.70. The van der Waals surface area contributed by atoms with E-state index in [0.717, 1.165) is 6.54 Å². The molecule has 1 aliphatic rings. The first-order valence-electron chi connectivity index (χ1n) is 5.39. The lowest BCUT2D eigenvalue weighted by molar-refractivity contribution is 0.637. The number of rotatable bonds is 2. The molecule has 0 saturated carbocycles. The van der Waals surface area contributed by atoms with E-state index in [2.05, 4.69) is 26.1 Å². The van der Waals surface area contributed by atoms with E-state index in [4.69, 9.17) is 4.98 Å². The summed E-state index contributed by atoms with van der Waals surface area (Å²) >= 11 is 1.87. The van der Waals surface area contributed by atoms with Gasteiger partial charge in [-0.3, -0.25) is 0 Å². The third-order valence-electron chi connectivity index (χ3n) is 2.75. The molecule has 0 spiro atoms. The predicted molar refractivity (Wildman–Crippen MR) is 60.9 cm³/mol. The van der Waals surface area contributed by atoms with Crippen molar-refractivity contribution in [2.24, 2.45) is 0 Å². The molecule has 1 saturated heterocycles. The third-order valence-corrected chi connectivity index (χ3v) is 3.85. The molecule has 2 rings (SSSR count). The molecule has 1 atom stereocenters. The number of nitrogens with one attached hydrogen (secondary N) is 1. The highest BCUT2D eigenvalue weighted by Gasteiger charge is 2.21. The molecule has 0 bridgehead atoms. The number of aromatic nitrogens is 1. The van der Waals surface area contributed by atoms with Crippen LogP contribution in [0.15, 0.2) is 0 Å². The fourth-order valence-electron chi connectivity index (χ4n) is 2.01. The van der Waals surface area contributed by atoms with Gasteiger partial charge in [-0.2, -0.15) is 0 Å². The molecule has 0 radical (unpaired) electrons. The van der Waals surface area contributed by atoms with E-state index in [9.17, 15) is 0 Å². The van der Waals surface area contributed by atoms with Gasteiger partial charge in [0.15, 0.2) is 0 Å². The van der Waals surface area contributed by atoms with Gasteiger partial charge in [0.2, 0.25) is 0 Å². The van der Waals surface area contributed by atoms with Crippen LogP contribution in [-0.4, -0.2) is 11.5 Å². The second kappa shape index (κ2) is 3.99. The fraction of sp³-hybridized carbons (Fsp3) is 0.727. The first-order valence-corrected chi connectivity index (χ1v) is 6.20. The van der Waals surface area contributed by atoms with Gasteiger partial charge in [-0.1, -0.05) is 13.8 Å². The molecular weight excluding hydrogens is 192 g/mol. The molecule has 1 N–H and O–H groups in total. The van der Waals surface area contributed by atoms with Crippen molar-refractivity contribution in [1.29, 1.82) is 0 Å². The molecular formula is C11H18N2S. The van der Waals surface area contributed by atoms with Gasteiger partial charge in [0, 0.05) is 4.88 Å². The highest BCUT2D eigenvalue weighted by Crippen LogP contribution is 2.31. The highest BCUT2D eigenvalue weighted by atomic mass is 32.1. The summed E-state index contributed by atoms with van der Waals surface area (Å²) in [5.41, 5.74) is 1.29. The largest absolute Gasteiger partial charge is 0.308 e. The van der Waals surface area contributed by atoms with Crippen LogP contribution in [0.4, 0.5) is 0 Å². The summed E-state index contributed by atoms with van der Waals surface area (Å²) in [5.74, 6) is 0.557. The number of hydrogen-bond acceptors (Lipinski definition) is 3. The van der Waals surface area contributed by atoms with Gasteiger partial charge in [0.05, 0.1) is 11.7 Å². The normalized spacial score (nSPS) is 22.1. The van der Waals surface area contributed by atoms with Gasteiger partial charge >= 0.3 is 0 Å². The smallest absolute Gasteiger partial charge is 0.110 e. The molecule has 14 heavy (non-hydrogen) atoms. The zero-order valence-electron chi connectivity index (χ0n) is 9.13. The average molecular weight is 210 g/mol. The van der Waals surface area contributed by atoms with E-state index in [-0.39, 0.29) is 0 Å². The van der Waals surface area contributed by atoms with Crippen molar-refractivity contribution in [3.05, 3.63) is 15.6 Å². The fourth-order valence-corrected chi connectivity index (χ4v) is 3.20. The van der Waals surface area contributed by atoms with Crippen LogP contribution < -0.4 is 5.32 Å². The van der Waals surface area contributed by atoms with Crippen LogP contribution in [0.3, 0.4) is 0 Å². The Morgan fingerprint density at radius 1 is 1.50 bits per heavy atom. The summed E-state index contributed by atoms with van der Waals surface area (Å²) in [7, 11) is 0. The van der Waals surface area contributed by atoms with Crippen molar-refractivity contribution in [3.63, 3.8) is 0 Å². The first-order chi connectivity index (χ1) is 6.68. The monoisotopic (exact) mass is 210 g/mol. The van der Waals surface area contributed by atoms with Crippen LogP contribution in [0.25, 0.3) is 0 Å². The van der Waals surface area contributed by atoms with Gasteiger partial charge < -0.3 is 5.32 Å². The summed E-state index contributed by atoms with van der Waals surface area (Å²) in [4.78, 5) is 6.14. The lowest BCUT2D eigenvalue weighted by Crippen LogP contribution is -2.12. The summed E-state index contributed by atoms with van der Waals surface area (Å²) in [5, 5.41) is 4.80. The molecule has 3 heteroatoms. The molecule has 1 fully saturated rings. The number of thiazole rings is 1. The number of aryl methyl sites for hydroxylation is 1. The summed E-state index contributed by atoms with van der Waals surface area (Å²) < 4.78 is 0. The van der Waals surface area contributed by atoms with Gasteiger partial charge in [0.1, 0.15) is 5.01 Å². The Hall–Kier alpha value is -0.410. The van der Waals surface area contributed by atoms with Crippen LogP contribution in [-0.2, 0) is 0 Å². The maximum absolute atomic E-state index is 4.75. The van der Waals surface area contributed by atoms with Crippen LogP contribution in [0.1, 0.15) is 54.2 Å². The molecule has 0 amide bonds. The van der Waals surface area contributed by atoms with Gasteiger partial charge in [-0.05, 0) is 32.2 Å². The Balaban J connectivity index is 2.22. The van der Waals surface area contributed by atoms with Crippen LogP contribution in [0.2, 0.25) is 0 Å². The van der Waals surface area contributed by atoms with Gasteiger partial charge in [0.25, 0.3) is 0 Å². The van der Waals surface area contributed by atoms with E-state index in [1.165, 1.54) is 28.4 Å². The van der Waals surface area contributed by atoms with Crippen LogP contribution in [0.5, 0.6) is 0 Å². The lowest BCUT2D eigenvalue weighted by atomic mass is 10.1. The second-order valence-corrected chi connectivity index (χ2v) is 5.53. The topological polar surface area (TPSA) is 24.9 Å². The molecule has 1 aliphatic heterocycles. The predicted octanol–water partition coefficient (Wildman–Crippen LogP) is 3.00. The molecule has 0 aromatic carbocycles. The summed E-state index contributed by atoms with van der Waals surface area (Å²) in [6.45, 7) is 7.77. The van der Waals surface area contributed by atoms with Gasteiger partial charge in [-0.15, -0.1) is 11.3 Å². The molecule has 1 aromatic heterocycles. The van der Waals surface area contributed by atoms with Gasteiger partial charge in [-0.25, -0.2) is 4.98 Å². The minimum Gasteiger partial charge on any atom is -0.308 e. The number of hydrogen-bond donors (Lipinski definition) is 1. The zero-order valence-corrected chi connectivity index (χ0v) is 9.95. The van der Waals surface area contributed by atoms with E-state index < -0.39 is 0 Å². The highest BCUT2D eigenvalue weighted by molar-refractivity contribution is 7.11. The van der Waals surface area contributed by atoms with E-state index in [1.54, 1.807) is 0 Å². The Labute approximate surface area is 89.8 Å². The Morgan fingerprint density at radius 3 is 2.79 bits per heavy atom. The molecule has 1 unspecified atom stereocenters. The zero-order chi connectivity index (χ0) is 10.1. The summed E-state index contributed by atoms with van der Waals surface area (Å²) in [6, 6.07) is 0.534. The van der Waals surface area contributed by atoms with Crippen molar-refractivity contribution < 1.29 is 0 Å². The minimum atomic E-state index is 0.534. The molecule has 0 aliphatic carbocycles. The lowest BCUT2D eigenvalue weighted by Gasteiger charge is -2.05. The first kappa shape index (κ1) is 10.1. The van der Waals surface area contributed by atoms with Crippen LogP contribution >= 0.6 is 11.3 Å². The van der Waals surface area contributed by atoms with Crippen molar-refractivity contribution in [2.75, 3.05) is 6.54 Å². The van der Waals surface area contributed by atoms with Crippen molar-refractivity contribution in [2.45, 2.75) is 45.6 Å². The maximum Gasteiger partial charge on any atom is 0.110 e. The molecule has 2 heterocycles. The van der Waals surface area contributed by atoms with E-state index in [0.29, 0.717) is 12.0 Å². The third kappa shape index (κ3) is 1.84. The Kier molecular flexibility index (Phi) is 2.88. The van der Waals surface area contributed by atoms with Crippen molar-refractivity contribution in [3.8, 4) is 0 Å². The standard InChI is InChI=1S/C11H18N2S/c1-7(2)10-8(3)14-11(13-10)9-5-4-6-12-9/h7,9,12H,4-6H2,1-3H3.